The standard InChI is InChI=1S/C14H19FN2O/c1-3-14(4-2)7-8-17(10-14)13(18)11-5-6-12(15)16-9-11/h5-6,9H,3-4,7-8,10H2,1-2H3. The molecule has 1 aromatic rings. The zero-order chi connectivity index (χ0) is 13.2. The molecule has 1 aliphatic heterocycles. The van der Waals surface area contributed by atoms with E-state index in [1.807, 2.05) is 4.90 Å². The van der Waals surface area contributed by atoms with E-state index in [2.05, 4.69) is 18.8 Å². The molecule has 1 fully saturated rings. The fourth-order valence-corrected chi connectivity index (χ4v) is 2.62. The zero-order valence-electron chi connectivity index (χ0n) is 10.9. The third-order valence-electron chi connectivity index (χ3n) is 4.20. The van der Waals surface area contributed by atoms with Gasteiger partial charge >= 0.3 is 0 Å². The Kier molecular flexibility index (Phi) is 3.64. The van der Waals surface area contributed by atoms with Crippen molar-refractivity contribution in [3.8, 4) is 0 Å². The summed E-state index contributed by atoms with van der Waals surface area (Å²) in [5.74, 6) is -0.587. The second-order valence-corrected chi connectivity index (χ2v) is 5.05. The van der Waals surface area contributed by atoms with Gasteiger partial charge in [0.15, 0.2) is 0 Å². The molecular formula is C14H19FN2O. The third-order valence-corrected chi connectivity index (χ3v) is 4.20. The van der Waals surface area contributed by atoms with Gasteiger partial charge in [-0.05, 0) is 36.8 Å². The maximum Gasteiger partial charge on any atom is 0.255 e. The van der Waals surface area contributed by atoms with Crippen LogP contribution >= 0.6 is 0 Å². The summed E-state index contributed by atoms with van der Waals surface area (Å²) < 4.78 is 12.7. The fourth-order valence-electron chi connectivity index (χ4n) is 2.62. The maximum atomic E-state index is 12.7. The number of carbonyl (C=O) groups excluding carboxylic acids is 1. The Hall–Kier alpha value is -1.45. The number of likely N-dealkylation sites (tertiary alicyclic amines) is 1. The first-order valence-electron chi connectivity index (χ1n) is 6.51. The second-order valence-electron chi connectivity index (χ2n) is 5.05. The van der Waals surface area contributed by atoms with Gasteiger partial charge in [-0.1, -0.05) is 13.8 Å². The van der Waals surface area contributed by atoms with Gasteiger partial charge in [0, 0.05) is 19.3 Å². The monoisotopic (exact) mass is 250 g/mol. The first-order chi connectivity index (χ1) is 8.60. The Morgan fingerprint density at radius 2 is 2.17 bits per heavy atom. The molecule has 0 aromatic carbocycles. The van der Waals surface area contributed by atoms with Crippen LogP contribution in [-0.2, 0) is 0 Å². The largest absolute Gasteiger partial charge is 0.338 e. The molecule has 2 rings (SSSR count). The zero-order valence-corrected chi connectivity index (χ0v) is 10.9. The molecule has 4 heteroatoms. The molecule has 0 saturated carbocycles. The molecular weight excluding hydrogens is 231 g/mol. The number of aromatic nitrogens is 1. The van der Waals surface area contributed by atoms with Crippen molar-refractivity contribution >= 4 is 5.91 Å². The molecule has 0 aliphatic carbocycles. The summed E-state index contributed by atoms with van der Waals surface area (Å²) in [7, 11) is 0. The van der Waals surface area contributed by atoms with Crippen LogP contribution in [0.25, 0.3) is 0 Å². The predicted molar refractivity (Wildman–Crippen MR) is 67.7 cm³/mol. The predicted octanol–water partition coefficient (Wildman–Crippen LogP) is 2.87. The molecule has 1 saturated heterocycles. The molecule has 98 valence electrons. The van der Waals surface area contributed by atoms with Crippen molar-refractivity contribution in [1.29, 1.82) is 0 Å². The van der Waals surface area contributed by atoms with Gasteiger partial charge in [0.1, 0.15) is 0 Å². The molecule has 0 atom stereocenters. The fraction of sp³-hybridized carbons (Fsp3) is 0.571. The normalized spacial score (nSPS) is 18.1. The summed E-state index contributed by atoms with van der Waals surface area (Å²) in [6.07, 6.45) is 4.56. The van der Waals surface area contributed by atoms with Crippen LogP contribution in [0.1, 0.15) is 43.5 Å². The van der Waals surface area contributed by atoms with Crippen LogP contribution in [0.2, 0.25) is 0 Å². The van der Waals surface area contributed by atoms with E-state index in [1.165, 1.54) is 18.3 Å². The molecule has 1 amide bonds. The van der Waals surface area contributed by atoms with Crippen LogP contribution < -0.4 is 0 Å². The van der Waals surface area contributed by atoms with Crippen molar-refractivity contribution in [2.75, 3.05) is 13.1 Å². The van der Waals surface area contributed by atoms with Crippen molar-refractivity contribution in [2.45, 2.75) is 33.1 Å². The number of pyridine rings is 1. The molecule has 2 heterocycles. The van der Waals surface area contributed by atoms with E-state index in [0.29, 0.717) is 5.56 Å². The summed E-state index contributed by atoms with van der Waals surface area (Å²) in [5.41, 5.74) is 0.739. The van der Waals surface area contributed by atoms with E-state index in [4.69, 9.17) is 0 Å². The second kappa shape index (κ2) is 5.04. The highest BCUT2D eigenvalue weighted by Gasteiger charge is 2.37. The first kappa shape index (κ1) is 13.0. The molecule has 0 N–H and O–H groups in total. The van der Waals surface area contributed by atoms with Gasteiger partial charge in [-0.15, -0.1) is 0 Å². The molecule has 0 radical (unpaired) electrons. The molecule has 3 nitrogen and oxygen atoms in total. The van der Waals surface area contributed by atoms with Crippen LogP contribution in [0.4, 0.5) is 4.39 Å². The van der Waals surface area contributed by atoms with E-state index in [-0.39, 0.29) is 11.3 Å². The molecule has 1 aliphatic rings. The summed E-state index contributed by atoms with van der Waals surface area (Å²) >= 11 is 0. The van der Waals surface area contributed by atoms with Gasteiger partial charge in [-0.25, -0.2) is 4.98 Å². The Labute approximate surface area is 107 Å². The van der Waals surface area contributed by atoms with Crippen LogP contribution in [-0.4, -0.2) is 28.9 Å². The molecule has 0 spiro atoms. The summed E-state index contributed by atoms with van der Waals surface area (Å²) in [6, 6.07) is 2.73. The minimum absolute atomic E-state index is 0.0359. The Morgan fingerprint density at radius 1 is 1.44 bits per heavy atom. The Balaban J connectivity index is 2.10. The van der Waals surface area contributed by atoms with E-state index < -0.39 is 5.95 Å². The number of amides is 1. The van der Waals surface area contributed by atoms with Gasteiger partial charge < -0.3 is 4.90 Å². The van der Waals surface area contributed by atoms with Gasteiger partial charge in [0.2, 0.25) is 5.95 Å². The summed E-state index contributed by atoms with van der Waals surface area (Å²) in [4.78, 5) is 17.6. The van der Waals surface area contributed by atoms with Gasteiger partial charge in [0.05, 0.1) is 5.56 Å². The topological polar surface area (TPSA) is 33.2 Å². The third kappa shape index (κ3) is 2.37. The van der Waals surface area contributed by atoms with Crippen molar-refractivity contribution in [2.24, 2.45) is 5.41 Å². The first-order valence-corrected chi connectivity index (χ1v) is 6.51. The average molecular weight is 250 g/mol. The van der Waals surface area contributed by atoms with Crippen molar-refractivity contribution in [1.82, 2.24) is 9.88 Å². The number of hydrogen-bond acceptors (Lipinski definition) is 2. The number of hydrogen-bond donors (Lipinski definition) is 0. The SMILES string of the molecule is CCC1(CC)CCN(C(=O)c2ccc(F)nc2)C1. The number of rotatable bonds is 3. The van der Waals surface area contributed by atoms with Crippen LogP contribution in [0, 0.1) is 11.4 Å². The molecule has 18 heavy (non-hydrogen) atoms. The molecule has 1 aromatic heterocycles. The van der Waals surface area contributed by atoms with Crippen molar-refractivity contribution in [3.63, 3.8) is 0 Å². The lowest BCUT2D eigenvalue weighted by Gasteiger charge is -2.26. The van der Waals surface area contributed by atoms with Gasteiger partial charge in [-0.3, -0.25) is 4.79 Å². The van der Waals surface area contributed by atoms with Crippen molar-refractivity contribution < 1.29 is 9.18 Å². The van der Waals surface area contributed by atoms with Crippen LogP contribution in [0.15, 0.2) is 18.3 Å². The average Bonchev–Trinajstić information content (AvgIpc) is 2.84. The highest BCUT2D eigenvalue weighted by molar-refractivity contribution is 5.94. The lowest BCUT2D eigenvalue weighted by Crippen LogP contribution is -2.31. The molecule has 0 bridgehead atoms. The Bertz CT molecular complexity index is 426. The van der Waals surface area contributed by atoms with E-state index >= 15 is 0 Å². The minimum Gasteiger partial charge on any atom is -0.338 e. The number of carbonyl (C=O) groups is 1. The smallest absolute Gasteiger partial charge is 0.255 e. The number of nitrogens with zero attached hydrogens (tertiary/aromatic N) is 2. The lowest BCUT2D eigenvalue weighted by molar-refractivity contribution is 0.0769. The highest BCUT2D eigenvalue weighted by atomic mass is 19.1. The molecule has 0 unspecified atom stereocenters. The van der Waals surface area contributed by atoms with Crippen molar-refractivity contribution in [3.05, 3.63) is 29.8 Å². The Morgan fingerprint density at radius 3 is 2.67 bits per heavy atom. The van der Waals surface area contributed by atoms with E-state index in [9.17, 15) is 9.18 Å². The maximum absolute atomic E-state index is 12.7. The minimum atomic E-state index is -0.551. The quantitative estimate of drug-likeness (QED) is 0.773. The van der Waals surface area contributed by atoms with Crippen LogP contribution in [0.3, 0.4) is 0 Å². The summed E-state index contributed by atoms with van der Waals surface area (Å²) in [6.45, 7) is 5.95. The van der Waals surface area contributed by atoms with Crippen LogP contribution in [0.5, 0.6) is 0 Å². The number of halogens is 1. The van der Waals surface area contributed by atoms with Gasteiger partial charge in [0.25, 0.3) is 5.91 Å². The van der Waals surface area contributed by atoms with E-state index in [0.717, 1.165) is 32.4 Å². The summed E-state index contributed by atoms with van der Waals surface area (Å²) in [5, 5.41) is 0. The lowest BCUT2D eigenvalue weighted by atomic mass is 9.82. The van der Waals surface area contributed by atoms with Gasteiger partial charge in [-0.2, -0.15) is 4.39 Å². The van der Waals surface area contributed by atoms with E-state index in [1.54, 1.807) is 0 Å². The highest BCUT2D eigenvalue weighted by Crippen LogP contribution is 2.37.